The minimum Gasteiger partial charge on any atom is -0.365 e. The van der Waals surface area contributed by atoms with Gasteiger partial charge in [-0.2, -0.15) is 10.1 Å². The van der Waals surface area contributed by atoms with Gasteiger partial charge in [-0.05, 0) is 18.6 Å². The molecule has 0 bridgehead atoms. The minimum atomic E-state index is -0.258. The predicted octanol–water partition coefficient (Wildman–Crippen LogP) is 3.54. The van der Waals surface area contributed by atoms with Gasteiger partial charge in [0, 0.05) is 18.7 Å². The van der Waals surface area contributed by atoms with Gasteiger partial charge in [0.25, 0.3) is 0 Å². The molecule has 0 aliphatic heterocycles. The summed E-state index contributed by atoms with van der Waals surface area (Å²) in [5.41, 5.74) is 2.93. The second-order valence-corrected chi connectivity index (χ2v) is 5.45. The molecule has 0 saturated carbocycles. The number of anilines is 2. The monoisotopic (exact) mass is 323 g/mol. The van der Waals surface area contributed by atoms with Crippen molar-refractivity contribution in [3.8, 4) is 0 Å². The van der Waals surface area contributed by atoms with Gasteiger partial charge >= 0.3 is 0 Å². The molecule has 0 unspecified atom stereocenters. The highest BCUT2D eigenvalue weighted by Gasteiger charge is 2.04. The molecule has 6 heteroatoms. The highest BCUT2D eigenvalue weighted by Crippen LogP contribution is 2.11. The van der Waals surface area contributed by atoms with Crippen molar-refractivity contribution in [3.05, 3.63) is 77.2 Å². The molecule has 1 aromatic heterocycles. The number of hydrogen-bond donors (Lipinski definition) is 2. The van der Waals surface area contributed by atoms with Gasteiger partial charge in [0.05, 0.1) is 6.20 Å². The Morgan fingerprint density at radius 3 is 2.71 bits per heavy atom. The van der Waals surface area contributed by atoms with Crippen molar-refractivity contribution in [1.29, 1.82) is 0 Å². The number of nitrogens with one attached hydrogen (secondary N) is 2. The van der Waals surface area contributed by atoms with E-state index in [1.54, 1.807) is 24.4 Å². The van der Waals surface area contributed by atoms with Crippen LogP contribution in [0.25, 0.3) is 0 Å². The van der Waals surface area contributed by atoms with E-state index in [1.807, 2.05) is 12.1 Å². The molecule has 0 atom stereocenters. The molecule has 24 heavy (non-hydrogen) atoms. The molecule has 0 saturated heterocycles. The fraction of sp³-hybridized carbons (Fsp3) is 0.167. The van der Waals surface area contributed by atoms with Crippen LogP contribution in [0.3, 0.4) is 0 Å². The normalized spacial score (nSPS) is 10.4. The third-order valence-corrected chi connectivity index (χ3v) is 3.51. The number of aromatic nitrogens is 3. The lowest BCUT2D eigenvalue weighted by Gasteiger charge is -2.08. The van der Waals surface area contributed by atoms with Crippen LogP contribution in [0.2, 0.25) is 0 Å². The first-order chi connectivity index (χ1) is 11.7. The summed E-state index contributed by atoms with van der Waals surface area (Å²) in [7, 11) is 0. The fourth-order valence-corrected chi connectivity index (χ4v) is 2.29. The number of hydrogen-bond acceptors (Lipinski definition) is 5. The number of nitrogens with zero attached hydrogens (tertiary/aromatic N) is 3. The summed E-state index contributed by atoms with van der Waals surface area (Å²) in [4.78, 5) is 4.34. The molecule has 3 aromatic rings. The van der Waals surface area contributed by atoms with E-state index < -0.39 is 0 Å². The highest BCUT2D eigenvalue weighted by molar-refractivity contribution is 5.38. The molecular weight excluding hydrogens is 305 g/mol. The Labute approximate surface area is 140 Å². The molecule has 2 aromatic carbocycles. The van der Waals surface area contributed by atoms with Crippen molar-refractivity contribution in [2.45, 2.75) is 20.0 Å². The van der Waals surface area contributed by atoms with Gasteiger partial charge in [-0.3, -0.25) is 0 Å². The zero-order valence-corrected chi connectivity index (χ0v) is 13.3. The summed E-state index contributed by atoms with van der Waals surface area (Å²) in [5, 5.41) is 14.0. The third kappa shape index (κ3) is 4.25. The molecular formula is C18H18FN5. The molecule has 5 nitrogen and oxygen atoms in total. The molecule has 0 radical (unpaired) electrons. The number of aryl methyl sites for hydroxylation is 1. The van der Waals surface area contributed by atoms with Crippen LogP contribution >= 0.6 is 0 Å². The van der Waals surface area contributed by atoms with Gasteiger partial charge in [-0.1, -0.05) is 48.0 Å². The zero-order chi connectivity index (χ0) is 16.8. The highest BCUT2D eigenvalue weighted by atomic mass is 19.1. The maximum Gasteiger partial charge on any atom is 0.244 e. The SMILES string of the molecule is Cc1cccc(CNc2cnnc(NCc3ccccc3F)n2)c1. The van der Waals surface area contributed by atoms with Gasteiger partial charge in [0.1, 0.15) is 5.82 Å². The zero-order valence-electron chi connectivity index (χ0n) is 13.3. The molecule has 0 amide bonds. The smallest absolute Gasteiger partial charge is 0.244 e. The largest absolute Gasteiger partial charge is 0.365 e. The molecule has 122 valence electrons. The summed E-state index contributed by atoms with van der Waals surface area (Å²) >= 11 is 0. The summed E-state index contributed by atoms with van der Waals surface area (Å²) in [6.07, 6.45) is 1.56. The van der Waals surface area contributed by atoms with E-state index in [9.17, 15) is 4.39 Å². The third-order valence-electron chi connectivity index (χ3n) is 3.51. The van der Waals surface area contributed by atoms with Crippen molar-refractivity contribution in [2.75, 3.05) is 10.6 Å². The van der Waals surface area contributed by atoms with Crippen molar-refractivity contribution in [2.24, 2.45) is 0 Å². The Hall–Kier alpha value is -3.02. The Morgan fingerprint density at radius 1 is 1.00 bits per heavy atom. The summed E-state index contributed by atoms with van der Waals surface area (Å²) < 4.78 is 13.6. The molecule has 3 rings (SSSR count). The van der Waals surface area contributed by atoms with Crippen molar-refractivity contribution < 1.29 is 4.39 Å². The van der Waals surface area contributed by atoms with E-state index in [2.05, 4.69) is 44.9 Å². The van der Waals surface area contributed by atoms with Gasteiger partial charge in [-0.15, -0.1) is 5.10 Å². The van der Waals surface area contributed by atoms with E-state index in [0.29, 0.717) is 30.4 Å². The van der Waals surface area contributed by atoms with Crippen LogP contribution in [-0.2, 0) is 13.1 Å². The van der Waals surface area contributed by atoms with Crippen molar-refractivity contribution in [3.63, 3.8) is 0 Å². The number of rotatable bonds is 6. The van der Waals surface area contributed by atoms with Gasteiger partial charge in [0.2, 0.25) is 5.95 Å². The van der Waals surface area contributed by atoms with Crippen molar-refractivity contribution >= 4 is 11.8 Å². The van der Waals surface area contributed by atoms with E-state index in [4.69, 9.17) is 0 Å². The van der Waals surface area contributed by atoms with Crippen LogP contribution in [-0.4, -0.2) is 15.2 Å². The molecule has 0 aliphatic carbocycles. The van der Waals surface area contributed by atoms with Gasteiger partial charge in [0.15, 0.2) is 5.82 Å². The molecule has 0 aliphatic rings. The van der Waals surface area contributed by atoms with Crippen molar-refractivity contribution in [1.82, 2.24) is 15.2 Å². The van der Waals surface area contributed by atoms with Crippen LogP contribution in [0.15, 0.2) is 54.7 Å². The number of halogens is 1. The lowest BCUT2D eigenvalue weighted by atomic mass is 10.1. The lowest BCUT2D eigenvalue weighted by molar-refractivity contribution is 0.612. The van der Waals surface area contributed by atoms with E-state index in [-0.39, 0.29) is 5.82 Å². The van der Waals surface area contributed by atoms with Crippen LogP contribution < -0.4 is 10.6 Å². The maximum atomic E-state index is 13.6. The average molecular weight is 323 g/mol. The van der Waals surface area contributed by atoms with E-state index in [1.165, 1.54) is 11.6 Å². The lowest BCUT2D eigenvalue weighted by Crippen LogP contribution is -2.09. The summed E-state index contributed by atoms with van der Waals surface area (Å²) in [6.45, 7) is 3.00. The minimum absolute atomic E-state index is 0.258. The van der Waals surface area contributed by atoms with E-state index >= 15 is 0 Å². The second kappa shape index (κ2) is 7.50. The standard InChI is InChI=1S/C18H18FN5/c1-13-5-4-6-14(9-13)10-20-17-12-22-24-18(23-17)21-11-15-7-2-3-8-16(15)19/h2-9,12H,10-11H2,1H3,(H2,20,21,23,24). The van der Waals surface area contributed by atoms with Gasteiger partial charge < -0.3 is 10.6 Å². The Kier molecular flexibility index (Phi) is 4.96. The Bertz CT molecular complexity index is 822. The predicted molar refractivity (Wildman–Crippen MR) is 92.1 cm³/mol. The van der Waals surface area contributed by atoms with Crippen LogP contribution in [0.1, 0.15) is 16.7 Å². The quantitative estimate of drug-likeness (QED) is 0.726. The summed E-state index contributed by atoms with van der Waals surface area (Å²) in [5.74, 6) is 0.710. The number of benzene rings is 2. The van der Waals surface area contributed by atoms with E-state index in [0.717, 1.165) is 5.56 Å². The van der Waals surface area contributed by atoms with Crippen LogP contribution in [0.4, 0.5) is 16.2 Å². The molecule has 0 fully saturated rings. The first kappa shape index (κ1) is 15.9. The average Bonchev–Trinajstić information content (AvgIpc) is 2.60. The molecule has 2 N–H and O–H groups in total. The Morgan fingerprint density at radius 2 is 1.88 bits per heavy atom. The fourth-order valence-electron chi connectivity index (χ4n) is 2.29. The maximum absolute atomic E-state index is 13.6. The van der Waals surface area contributed by atoms with Crippen LogP contribution in [0.5, 0.6) is 0 Å². The second-order valence-electron chi connectivity index (χ2n) is 5.45. The van der Waals surface area contributed by atoms with Gasteiger partial charge in [-0.25, -0.2) is 4.39 Å². The molecule has 0 spiro atoms. The first-order valence-electron chi connectivity index (χ1n) is 7.67. The van der Waals surface area contributed by atoms with Crippen LogP contribution in [0, 0.1) is 12.7 Å². The first-order valence-corrected chi connectivity index (χ1v) is 7.67. The topological polar surface area (TPSA) is 62.7 Å². The summed E-state index contributed by atoms with van der Waals surface area (Å²) in [6, 6.07) is 14.8. The Balaban J connectivity index is 1.60. The molecule has 1 heterocycles.